The highest BCUT2D eigenvalue weighted by Crippen LogP contribution is 2.30. The molecule has 0 heterocycles. The van der Waals surface area contributed by atoms with Gasteiger partial charge in [0.15, 0.2) is 0 Å². The third-order valence-electron chi connectivity index (χ3n) is 5.08. The number of rotatable bonds is 5. The zero-order valence-corrected chi connectivity index (χ0v) is 15.2. The number of carbonyl (C=O) groups excluding carboxylic acids is 1. The van der Waals surface area contributed by atoms with Gasteiger partial charge in [0.25, 0.3) is 0 Å². The van der Waals surface area contributed by atoms with Gasteiger partial charge in [0.05, 0.1) is 6.10 Å². The first kappa shape index (κ1) is 18.5. The maximum atomic E-state index is 12.1. The van der Waals surface area contributed by atoms with Crippen molar-refractivity contribution < 1.29 is 14.6 Å². The van der Waals surface area contributed by atoms with Crippen LogP contribution in [0, 0.1) is 5.92 Å². The van der Waals surface area contributed by atoms with Crippen molar-refractivity contribution in [2.45, 2.75) is 90.0 Å². The van der Waals surface area contributed by atoms with Gasteiger partial charge in [0.1, 0.15) is 5.60 Å². The van der Waals surface area contributed by atoms with E-state index in [0.29, 0.717) is 0 Å². The van der Waals surface area contributed by atoms with Crippen molar-refractivity contribution in [3.05, 3.63) is 0 Å². The molecule has 0 bridgehead atoms. The number of hydrogen-bond donors (Lipinski definition) is 2. The zero-order chi connectivity index (χ0) is 17.0. The molecule has 2 saturated carbocycles. The number of carbonyl (C=O) groups is 1. The molecule has 1 amide bonds. The molecule has 23 heavy (non-hydrogen) atoms. The van der Waals surface area contributed by atoms with Crippen molar-refractivity contribution in [2.75, 3.05) is 13.1 Å². The first-order chi connectivity index (χ1) is 10.8. The Balaban J connectivity index is 1.97. The molecule has 134 valence electrons. The standard InChI is InChI=1S/C18H34N2O3/c1-5-20(12-13-7-6-8-13)16-11-14(21)9-10-15(16)19-17(22)23-18(2,3)4/h13-16,21H,5-12H2,1-4H3,(H,19,22). The summed E-state index contributed by atoms with van der Waals surface area (Å²) < 4.78 is 5.41. The number of nitrogens with zero attached hydrogens (tertiary/aromatic N) is 1. The smallest absolute Gasteiger partial charge is 0.407 e. The lowest BCUT2D eigenvalue weighted by Crippen LogP contribution is -2.57. The highest BCUT2D eigenvalue weighted by Gasteiger charge is 2.36. The second-order valence-corrected chi connectivity index (χ2v) is 8.17. The molecule has 5 heteroatoms. The van der Waals surface area contributed by atoms with Crippen LogP contribution in [0.25, 0.3) is 0 Å². The predicted octanol–water partition coefficient (Wildman–Crippen LogP) is 2.92. The van der Waals surface area contributed by atoms with Gasteiger partial charge in [-0.15, -0.1) is 0 Å². The molecule has 0 radical (unpaired) electrons. The van der Waals surface area contributed by atoms with Gasteiger partial charge in [0, 0.05) is 18.6 Å². The molecular weight excluding hydrogens is 292 g/mol. The minimum atomic E-state index is -0.482. The fourth-order valence-electron chi connectivity index (χ4n) is 3.66. The van der Waals surface area contributed by atoms with Crippen LogP contribution >= 0.6 is 0 Å². The zero-order valence-electron chi connectivity index (χ0n) is 15.2. The van der Waals surface area contributed by atoms with Gasteiger partial charge in [-0.25, -0.2) is 4.79 Å². The van der Waals surface area contributed by atoms with Crippen molar-refractivity contribution in [2.24, 2.45) is 5.92 Å². The molecule has 0 spiro atoms. The Morgan fingerprint density at radius 2 is 1.96 bits per heavy atom. The third kappa shape index (κ3) is 5.64. The quantitative estimate of drug-likeness (QED) is 0.815. The minimum Gasteiger partial charge on any atom is -0.444 e. The van der Waals surface area contributed by atoms with Gasteiger partial charge in [-0.05, 0) is 65.3 Å². The molecule has 2 rings (SSSR count). The number of alkyl carbamates (subject to hydrolysis) is 1. The van der Waals surface area contributed by atoms with E-state index < -0.39 is 5.60 Å². The number of likely N-dealkylation sites (N-methyl/N-ethyl adjacent to an activating group) is 1. The molecule has 0 aromatic carbocycles. The number of nitrogens with one attached hydrogen (secondary N) is 1. The summed E-state index contributed by atoms with van der Waals surface area (Å²) in [7, 11) is 0. The van der Waals surface area contributed by atoms with Crippen molar-refractivity contribution in [1.82, 2.24) is 10.2 Å². The Hall–Kier alpha value is -0.810. The first-order valence-electron chi connectivity index (χ1n) is 9.20. The molecule has 0 saturated heterocycles. The van der Waals surface area contributed by atoms with Crippen LogP contribution in [0.3, 0.4) is 0 Å². The lowest BCUT2D eigenvalue weighted by molar-refractivity contribution is 0.0166. The molecular formula is C18H34N2O3. The third-order valence-corrected chi connectivity index (χ3v) is 5.08. The number of aliphatic hydroxyl groups is 1. The van der Waals surface area contributed by atoms with E-state index in [1.165, 1.54) is 19.3 Å². The van der Waals surface area contributed by atoms with E-state index in [9.17, 15) is 9.90 Å². The summed E-state index contributed by atoms with van der Waals surface area (Å²) >= 11 is 0. The van der Waals surface area contributed by atoms with Crippen LogP contribution in [0.1, 0.15) is 66.2 Å². The Morgan fingerprint density at radius 3 is 2.48 bits per heavy atom. The van der Waals surface area contributed by atoms with Crippen molar-refractivity contribution in [3.63, 3.8) is 0 Å². The second kappa shape index (κ2) is 7.84. The van der Waals surface area contributed by atoms with E-state index in [1.807, 2.05) is 20.8 Å². The van der Waals surface area contributed by atoms with E-state index in [-0.39, 0.29) is 24.3 Å². The van der Waals surface area contributed by atoms with Gasteiger partial charge in [-0.1, -0.05) is 13.3 Å². The van der Waals surface area contributed by atoms with E-state index >= 15 is 0 Å². The Kier molecular flexibility index (Phi) is 6.32. The average Bonchev–Trinajstić information content (AvgIpc) is 2.38. The summed E-state index contributed by atoms with van der Waals surface area (Å²) in [4.78, 5) is 14.6. The molecule has 3 atom stereocenters. The molecule has 2 aliphatic rings. The number of amides is 1. The maximum Gasteiger partial charge on any atom is 0.407 e. The highest BCUT2D eigenvalue weighted by molar-refractivity contribution is 5.68. The summed E-state index contributed by atoms with van der Waals surface area (Å²) in [6.07, 6.45) is 5.67. The topological polar surface area (TPSA) is 61.8 Å². The first-order valence-corrected chi connectivity index (χ1v) is 9.20. The van der Waals surface area contributed by atoms with E-state index in [2.05, 4.69) is 17.1 Å². The van der Waals surface area contributed by atoms with Crippen LogP contribution < -0.4 is 5.32 Å². The van der Waals surface area contributed by atoms with Gasteiger partial charge < -0.3 is 15.2 Å². The molecule has 2 aliphatic carbocycles. The second-order valence-electron chi connectivity index (χ2n) is 8.17. The fourth-order valence-corrected chi connectivity index (χ4v) is 3.66. The Morgan fingerprint density at radius 1 is 1.26 bits per heavy atom. The number of ether oxygens (including phenoxy) is 1. The summed E-state index contributed by atoms with van der Waals surface area (Å²) in [5.41, 5.74) is -0.482. The van der Waals surface area contributed by atoms with Gasteiger partial charge >= 0.3 is 6.09 Å². The normalized spacial score (nSPS) is 29.2. The van der Waals surface area contributed by atoms with Crippen LogP contribution in [0.2, 0.25) is 0 Å². The van der Waals surface area contributed by atoms with Crippen molar-refractivity contribution in [3.8, 4) is 0 Å². The van der Waals surface area contributed by atoms with Gasteiger partial charge in [-0.3, -0.25) is 4.90 Å². The van der Waals surface area contributed by atoms with Crippen LogP contribution in [0.4, 0.5) is 4.79 Å². The SMILES string of the molecule is CCN(CC1CCC1)C1CC(O)CCC1NC(=O)OC(C)(C)C. The van der Waals surface area contributed by atoms with E-state index in [4.69, 9.17) is 4.74 Å². The van der Waals surface area contributed by atoms with Crippen LogP contribution in [-0.4, -0.2) is 53.0 Å². The summed E-state index contributed by atoms with van der Waals surface area (Å²) in [6.45, 7) is 9.85. The lowest BCUT2D eigenvalue weighted by atomic mass is 9.82. The van der Waals surface area contributed by atoms with E-state index in [0.717, 1.165) is 38.3 Å². The van der Waals surface area contributed by atoms with Gasteiger partial charge in [0.2, 0.25) is 0 Å². The highest BCUT2D eigenvalue weighted by atomic mass is 16.6. The molecule has 2 fully saturated rings. The molecule has 0 aromatic rings. The Labute approximate surface area is 140 Å². The fraction of sp³-hybridized carbons (Fsp3) is 0.944. The molecule has 5 nitrogen and oxygen atoms in total. The summed E-state index contributed by atoms with van der Waals surface area (Å²) in [6, 6.07) is 0.269. The largest absolute Gasteiger partial charge is 0.444 e. The molecule has 0 aromatic heterocycles. The minimum absolute atomic E-state index is 0.0632. The summed E-state index contributed by atoms with van der Waals surface area (Å²) in [5, 5.41) is 13.2. The lowest BCUT2D eigenvalue weighted by Gasteiger charge is -2.43. The predicted molar refractivity (Wildman–Crippen MR) is 91.4 cm³/mol. The van der Waals surface area contributed by atoms with Gasteiger partial charge in [-0.2, -0.15) is 0 Å². The van der Waals surface area contributed by atoms with Crippen LogP contribution in [0.15, 0.2) is 0 Å². The van der Waals surface area contributed by atoms with Crippen molar-refractivity contribution >= 4 is 6.09 Å². The maximum absolute atomic E-state index is 12.1. The number of hydrogen-bond acceptors (Lipinski definition) is 4. The molecule has 0 aliphatic heterocycles. The number of aliphatic hydroxyl groups excluding tert-OH is 1. The summed E-state index contributed by atoms with van der Waals surface area (Å²) in [5.74, 6) is 0.788. The van der Waals surface area contributed by atoms with Crippen LogP contribution in [0.5, 0.6) is 0 Å². The average molecular weight is 326 g/mol. The van der Waals surface area contributed by atoms with Crippen molar-refractivity contribution in [1.29, 1.82) is 0 Å². The monoisotopic (exact) mass is 326 g/mol. The van der Waals surface area contributed by atoms with E-state index in [1.54, 1.807) is 0 Å². The van der Waals surface area contributed by atoms with Crippen LogP contribution in [-0.2, 0) is 4.74 Å². The Bertz CT molecular complexity index is 390. The molecule has 3 unspecified atom stereocenters. The molecule has 2 N–H and O–H groups in total.